The molecule has 16 unspecified atom stereocenters. The Balaban J connectivity index is 1.11. The van der Waals surface area contributed by atoms with E-state index in [4.69, 9.17) is 42.6 Å². The number of fused-ring (bicyclic) bond motifs is 36. The summed E-state index contributed by atoms with van der Waals surface area (Å²) < 4.78 is 56.9. The van der Waals surface area contributed by atoms with Crippen molar-refractivity contribution >= 4 is 23.9 Å². The smallest absolute Gasteiger partial charge is 0.339 e. The largest absolute Gasteiger partial charge is 0.467 e. The highest BCUT2D eigenvalue weighted by Gasteiger charge is 2.98. The van der Waals surface area contributed by atoms with Gasteiger partial charge in [0.25, 0.3) is 0 Å². The minimum Gasteiger partial charge on any atom is -0.467 e. The average Bonchev–Trinajstić information content (AvgIpc) is 4.03. The van der Waals surface area contributed by atoms with Crippen LogP contribution in [0.2, 0.25) is 0 Å². The second-order valence-electron chi connectivity index (χ2n) is 15.8. The highest BCUT2D eigenvalue weighted by atomic mass is 16.7. The van der Waals surface area contributed by atoms with Crippen molar-refractivity contribution in [2.75, 3.05) is 28.4 Å². The molecule has 0 saturated carbocycles. The van der Waals surface area contributed by atoms with Gasteiger partial charge in [0.15, 0.2) is 22.4 Å². The molecule has 10 heterocycles. The first-order valence-corrected chi connectivity index (χ1v) is 17.6. The maximum absolute atomic E-state index is 14.5. The summed E-state index contributed by atoms with van der Waals surface area (Å²) >= 11 is 0. The predicted octanol–water partition coefficient (Wildman–Crippen LogP) is 2.08. The van der Waals surface area contributed by atoms with Gasteiger partial charge in [-0.3, -0.25) is 0 Å². The number of hydrogen-bond acceptors (Lipinski definition) is 13. The zero-order chi connectivity index (χ0) is 34.7. The van der Waals surface area contributed by atoms with Crippen molar-refractivity contribution in [2.24, 2.45) is 47.3 Å². The zero-order valence-electron chi connectivity index (χ0n) is 28.0. The van der Waals surface area contributed by atoms with Crippen LogP contribution in [0.4, 0.5) is 0 Å². The van der Waals surface area contributed by atoms with Crippen LogP contribution in [0.5, 0.6) is 0 Å². The molecule has 0 amide bonds. The minimum absolute atomic E-state index is 0.565. The van der Waals surface area contributed by atoms with Crippen molar-refractivity contribution in [1.29, 1.82) is 0 Å². The molecule has 0 spiro atoms. The first kappa shape index (κ1) is 29.7. The first-order chi connectivity index (χ1) is 24.7. The Morgan fingerprint density at radius 2 is 0.686 bits per heavy atom. The molecule has 8 fully saturated rings. The van der Waals surface area contributed by atoms with Crippen LogP contribution in [0.3, 0.4) is 0 Å². The Bertz CT molecular complexity index is 1760. The van der Waals surface area contributed by atoms with E-state index in [-0.39, 0.29) is 0 Å². The molecule has 0 N–H and O–H groups in total. The van der Waals surface area contributed by atoms with E-state index in [1.165, 1.54) is 28.4 Å². The van der Waals surface area contributed by atoms with Crippen LogP contribution in [-0.4, -0.2) is 86.9 Å². The number of carbonyl (C=O) groups excluding carboxylic acids is 4. The van der Waals surface area contributed by atoms with Crippen LogP contribution >= 0.6 is 0 Å². The summed E-state index contributed by atoms with van der Waals surface area (Å²) in [5.41, 5.74) is -3.09. The lowest BCUT2D eigenvalue weighted by atomic mass is 9.42. The summed E-state index contributed by atoms with van der Waals surface area (Å²) in [4.78, 5) is 58.1. The highest BCUT2D eigenvalue weighted by molar-refractivity contribution is 5.93. The minimum atomic E-state index is -1.70. The van der Waals surface area contributed by atoms with Gasteiger partial charge in [0.05, 0.1) is 65.1 Å². The van der Waals surface area contributed by atoms with Crippen molar-refractivity contribution in [1.82, 2.24) is 0 Å². The van der Waals surface area contributed by atoms with E-state index in [0.717, 1.165) is 22.3 Å². The summed E-state index contributed by atoms with van der Waals surface area (Å²) in [5.74, 6) is -8.21. The van der Waals surface area contributed by atoms with E-state index in [1.54, 1.807) is 0 Å². The normalized spacial score (nSPS) is 52.2. The summed E-state index contributed by atoms with van der Waals surface area (Å²) in [5, 5.41) is 0. The average molecular weight is 699 g/mol. The number of rotatable bonds is 4. The van der Waals surface area contributed by atoms with E-state index in [9.17, 15) is 19.2 Å². The van der Waals surface area contributed by atoms with Gasteiger partial charge in [-0.25, -0.2) is 19.2 Å². The summed E-state index contributed by atoms with van der Waals surface area (Å²) in [6.45, 7) is 0. The SMILES string of the molecule is COC(=O)C12OC(C(=O)OC)(C3C4OC(c5ccccc54)C31)C1C3OC(C12)C1C3C2(C(=O)OC)OC1(C(=O)OC)C1C3OC(c4ccccc43)C12. The standard InChI is InChI=1S/C38H34O13/c1-43-31(39)35-17-18(26-14-10-6-5-9-13(14)25(17)47-26)36(50-35,32(40)44-2)22-21(35)29-23-24(30(22)49-29)38(34(42)46-4)20-19(37(23,51-38)33(41)45-3)27-15-11-7-8-12-16(15)28(20)48-27/h5-12,17-30H,1-4H3. The lowest BCUT2D eigenvalue weighted by Crippen LogP contribution is -2.69. The Labute approximate surface area is 291 Å². The third-order valence-corrected chi connectivity index (χ3v) is 15.0. The van der Waals surface area contributed by atoms with Crippen LogP contribution < -0.4 is 0 Å². The Kier molecular flexibility index (Phi) is 5.14. The van der Waals surface area contributed by atoms with Crippen LogP contribution in [0.1, 0.15) is 46.7 Å². The molecule has 10 aliphatic heterocycles. The van der Waals surface area contributed by atoms with Gasteiger partial charge >= 0.3 is 23.9 Å². The van der Waals surface area contributed by atoms with Gasteiger partial charge in [0.1, 0.15) is 0 Å². The van der Waals surface area contributed by atoms with E-state index in [2.05, 4.69) is 0 Å². The second kappa shape index (κ2) is 8.83. The highest BCUT2D eigenvalue weighted by Crippen LogP contribution is 2.85. The second-order valence-corrected chi connectivity index (χ2v) is 15.8. The molecule has 51 heavy (non-hydrogen) atoms. The van der Waals surface area contributed by atoms with Gasteiger partial charge in [-0.15, -0.1) is 0 Å². The van der Waals surface area contributed by atoms with Crippen LogP contribution in [0, 0.1) is 47.3 Å². The van der Waals surface area contributed by atoms with E-state index in [1.807, 2.05) is 48.5 Å². The van der Waals surface area contributed by atoms with Gasteiger partial charge in [-0.2, -0.15) is 0 Å². The molecule has 10 bridgehead atoms. The zero-order valence-corrected chi connectivity index (χ0v) is 28.0. The number of esters is 4. The van der Waals surface area contributed by atoms with Crippen LogP contribution in [0.15, 0.2) is 48.5 Å². The van der Waals surface area contributed by atoms with Gasteiger partial charge in [0, 0.05) is 47.3 Å². The molecule has 13 nitrogen and oxygen atoms in total. The molecule has 0 aromatic heterocycles. The molecule has 2 aromatic rings. The molecule has 13 heteroatoms. The fourth-order valence-electron chi connectivity index (χ4n) is 14.2. The van der Waals surface area contributed by atoms with Gasteiger partial charge in [-0.1, -0.05) is 48.5 Å². The maximum Gasteiger partial charge on any atom is 0.339 e. The molecule has 0 aliphatic carbocycles. The van der Waals surface area contributed by atoms with Gasteiger partial charge in [0.2, 0.25) is 0 Å². The van der Waals surface area contributed by atoms with Crippen molar-refractivity contribution in [2.45, 2.75) is 59.0 Å². The van der Waals surface area contributed by atoms with Gasteiger partial charge < -0.3 is 42.6 Å². The fraction of sp³-hybridized carbons (Fsp3) is 0.579. The van der Waals surface area contributed by atoms with E-state index < -0.39 is 130 Å². The number of carbonyl (C=O) groups is 4. The van der Waals surface area contributed by atoms with Crippen LogP contribution in [-0.2, 0) is 61.8 Å². The Hall–Kier alpha value is -3.88. The summed E-state index contributed by atoms with van der Waals surface area (Å²) in [7, 11) is 5.21. The molecule has 12 rings (SSSR count). The topological polar surface area (TPSA) is 151 Å². The molecular formula is C38H34O13. The van der Waals surface area contributed by atoms with Crippen molar-refractivity contribution in [3.63, 3.8) is 0 Å². The monoisotopic (exact) mass is 698 g/mol. The molecule has 264 valence electrons. The number of ether oxygens (including phenoxy) is 9. The number of hydrogen-bond donors (Lipinski definition) is 0. The number of methoxy groups -OCH3 is 4. The predicted molar refractivity (Wildman–Crippen MR) is 164 cm³/mol. The van der Waals surface area contributed by atoms with Crippen molar-refractivity contribution in [3.8, 4) is 0 Å². The number of benzene rings is 2. The van der Waals surface area contributed by atoms with Crippen LogP contribution in [0.25, 0.3) is 0 Å². The quantitative estimate of drug-likeness (QED) is 0.339. The summed E-state index contributed by atoms with van der Waals surface area (Å²) in [6.07, 6.45) is -4.02. The molecule has 8 saturated heterocycles. The Morgan fingerprint density at radius 3 is 0.922 bits per heavy atom. The molecule has 0 radical (unpaired) electrons. The Morgan fingerprint density at radius 1 is 0.431 bits per heavy atom. The molecule has 10 aliphatic rings. The van der Waals surface area contributed by atoms with Crippen molar-refractivity contribution in [3.05, 3.63) is 70.8 Å². The molecular weight excluding hydrogens is 664 g/mol. The molecule has 16 atom stereocenters. The summed E-state index contributed by atoms with van der Waals surface area (Å²) in [6, 6.07) is 15.6. The first-order valence-electron chi connectivity index (χ1n) is 17.6. The fourth-order valence-corrected chi connectivity index (χ4v) is 14.2. The lowest BCUT2D eigenvalue weighted by Gasteiger charge is -2.53. The van der Waals surface area contributed by atoms with Gasteiger partial charge in [-0.05, 0) is 22.3 Å². The van der Waals surface area contributed by atoms with E-state index in [0.29, 0.717) is 0 Å². The maximum atomic E-state index is 14.5. The molecule has 2 aromatic carbocycles. The van der Waals surface area contributed by atoms with E-state index >= 15 is 0 Å². The lowest BCUT2D eigenvalue weighted by molar-refractivity contribution is -0.208. The third kappa shape index (κ3) is 2.59. The van der Waals surface area contributed by atoms with Crippen molar-refractivity contribution < 1.29 is 61.8 Å². The third-order valence-electron chi connectivity index (χ3n) is 15.0.